The van der Waals surface area contributed by atoms with E-state index >= 15 is 0 Å². The minimum atomic E-state index is -0.135. The lowest BCUT2D eigenvalue weighted by molar-refractivity contribution is 0.486. The van der Waals surface area contributed by atoms with Crippen LogP contribution in [0.4, 0.5) is 4.39 Å². The smallest absolute Gasteiger partial charge is 0.123 e. The van der Waals surface area contributed by atoms with Gasteiger partial charge in [0.15, 0.2) is 0 Å². The highest BCUT2D eigenvalue weighted by Crippen LogP contribution is 2.43. The van der Waals surface area contributed by atoms with Crippen LogP contribution < -0.4 is 0 Å². The molecule has 1 aromatic carbocycles. The van der Waals surface area contributed by atoms with E-state index in [-0.39, 0.29) is 16.6 Å². The molecule has 0 nitrogen and oxygen atoms in total. The molecule has 2 heteroatoms. The zero-order valence-electron chi connectivity index (χ0n) is 9.19. The van der Waals surface area contributed by atoms with E-state index in [1.54, 1.807) is 12.1 Å². The van der Waals surface area contributed by atoms with Crippen molar-refractivity contribution in [2.24, 2.45) is 0 Å². The van der Waals surface area contributed by atoms with Gasteiger partial charge in [0.25, 0.3) is 0 Å². The van der Waals surface area contributed by atoms with Crippen molar-refractivity contribution in [3.63, 3.8) is 0 Å². The number of benzene rings is 1. The molecule has 0 heterocycles. The Morgan fingerprint density at radius 1 is 1.40 bits per heavy atom. The van der Waals surface area contributed by atoms with Gasteiger partial charge in [0.05, 0.1) is 0 Å². The van der Waals surface area contributed by atoms with Gasteiger partial charge >= 0.3 is 0 Å². The molecule has 1 fully saturated rings. The van der Waals surface area contributed by atoms with Crippen LogP contribution in [-0.4, -0.2) is 5.38 Å². The topological polar surface area (TPSA) is 0 Å². The third-order valence-corrected chi connectivity index (χ3v) is 3.79. The van der Waals surface area contributed by atoms with Gasteiger partial charge in [-0.2, -0.15) is 0 Å². The van der Waals surface area contributed by atoms with Gasteiger partial charge in [-0.25, -0.2) is 4.39 Å². The predicted molar refractivity (Wildman–Crippen MR) is 62.0 cm³/mol. The van der Waals surface area contributed by atoms with Crippen molar-refractivity contribution in [2.75, 3.05) is 0 Å². The molecule has 0 bridgehead atoms. The molecule has 0 amide bonds. The second-order valence-corrected chi connectivity index (χ2v) is 5.54. The average molecular weight is 227 g/mol. The van der Waals surface area contributed by atoms with Crippen molar-refractivity contribution in [1.82, 2.24) is 0 Å². The largest absolute Gasteiger partial charge is 0.207 e. The molecule has 0 N–H and O–H groups in total. The first-order valence-electron chi connectivity index (χ1n) is 5.41. The molecule has 15 heavy (non-hydrogen) atoms. The normalized spacial score (nSPS) is 30.8. The van der Waals surface area contributed by atoms with E-state index in [1.807, 2.05) is 6.92 Å². The minimum Gasteiger partial charge on any atom is -0.207 e. The maximum absolute atomic E-state index is 13.3. The Kier molecular flexibility index (Phi) is 2.76. The number of hydrogen-bond donors (Lipinski definition) is 0. The molecule has 0 radical (unpaired) electrons. The highest BCUT2D eigenvalue weighted by atomic mass is 35.5. The summed E-state index contributed by atoms with van der Waals surface area (Å²) in [5, 5.41) is 0.249. The monoisotopic (exact) mass is 226 g/mol. The maximum Gasteiger partial charge on any atom is 0.123 e. The number of rotatable bonds is 1. The van der Waals surface area contributed by atoms with Gasteiger partial charge in [0, 0.05) is 5.38 Å². The molecule has 82 valence electrons. The van der Waals surface area contributed by atoms with E-state index in [1.165, 1.54) is 0 Å². The summed E-state index contributed by atoms with van der Waals surface area (Å²) in [6.07, 6.45) is 3.05. The van der Waals surface area contributed by atoms with Gasteiger partial charge in [-0.15, -0.1) is 11.6 Å². The number of alkyl halides is 1. The molecule has 1 aliphatic carbocycles. The van der Waals surface area contributed by atoms with Gasteiger partial charge in [0.2, 0.25) is 0 Å². The first-order valence-corrected chi connectivity index (χ1v) is 5.85. The van der Waals surface area contributed by atoms with Crippen LogP contribution >= 0.6 is 11.6 Å². The molecule has 0 spiro atoms. The summed E-state index contributed by atoms with van der Waals surface area (Å²) >= 11 is 6.13. The summed E-state index contributed by atoms with van der Waals surface area (Å²) in [7, 11) is 0. The van der Waals surface area contributed by atoms with Crippen molar-refractivity contribution in [3.8, 4) is 0 Å². The first kappa shape index (κ1) is 10.9. The van der Waals surface area contributed by atoms with Gasteiger partial charge in [-0.05, 0) is 54.9 Å². The third-order valence-electron chi connectivity index (χ3n) is 3.42. The molecule has 2 unspecified atom stereocenters. The van der Waals surface area contributed by atoms with E-state index < -0.39 is 0 Å². The summed E-state index contributed by atoms with van der Waals surface area (Å²) in [5.74, 6) is -0.135. The predicted octanol–water partition coefficient (Wildman–Crippen LogP) is 4.18. The standard InChI is InChI=1S/C13H16ClF/c1-9-5-10(7-12(15)6-9)13(2)4-3-11(14)8-13/h5-7,11H,3-4,8H2,1-2H3. The van der Waals surface area contributed by atoms with E-state index in [9.17, 15) is 4.39 Å². The SMILES string of the molecule is Cc1cc(F)cc(C2(C)CCC(Cl)C2)c1. The Labute approximate surface area is 95.4 Å². The lowest BCUT2D eigenvalue weighted by Gasteiger charge is -2.24. The zero-order chi connectivity index (χ0) is 11.1. The Hall–Kier alpha value is -0.560. The fourth-order valence-electron chi connectivity index (χ4n) is 2.52. The van der Waals surface area contributed by atoms with Crippen LogP contribution in [0.3, 0.4) is 0 Å². The summed E-state index contributed by atoms with van der Waals surface area (Å²) in [6.45, 7) is 4.12. The molecule has 2 atom stereocenters. The third kappa shape index (κ3) is 2.17. The van der Waals surface area contributed by atoms with Crippen molar-refractivity contribution in [1.29, 1.82) is 0 Å². The first-order chi connectivity index (χ1) is 6.99. The van der Waals surface area contributed by atoms with Gasteiger partial charge in [0.1, 0.15) is 5.82 Å². The highest BCUT2D eigenvalue weighted by molar-refractivity contribution is 6.20. The number of aryl methyl sites for hydroxylation is 1. The van der Waals surface area contributed by atoms with Crippen molar-refractivity contribution < 1.29 is 4.39 Å². The molecule has 0 aliphatic heterocycles. The van der Waals surface area contributed by atoms with Crippen LogP contribution in [0.1, 0.15) is 37.3 Å². The van der Waals surface area contributed by atoms with E-state index in [0.29, 0.717) is 0 Å². The zero-order valence-corrected chi connectivity index (χ0v) is 9.94. The Balaban J connectivity index is 2.36. The van der Waals surface area contributed by atoms with Crippen molar-refractivity contribution in [3.05, 3.63) is 35.1 Å². The number of halogens is 2. The molecule has 2 rings (SSSR count). The molecular formula is C13H16ClF. The van der Waals surface area contributed by atoms with Crippen LogP contribution in [0.25, 0.3) is 0 Å². The van der Waals surface area contributed by atoms with E-state index in [4.69, 9.17) is 11.6 Å². The Morgan fingerprint density at radius 2 is 2.13 bits per heavy atom. The molecule has 0 saturated heterocycles. The fraction of sp³-hybridized carbons (Fsp3) is 0.538. The van der Waals surface area contributed by atoms with Gasteiger partial charge in [-0.1, -0.05) is 13.0 Å². The van der Waals surface area contributed by atoms with Crippen LogP contribution in [0, 0.1) is 12.7 Å². The second kappa shape index (κ2) is 3.79. The molecular weight excluding hydrogens is 211 g/mol. The lowest BCUT2D eigenvalue weighted by atomic mass is 9.80. The second-order valence-electron chi connectivity index (χ2n) is 4.92. The maximum atomic E-state index is 13.3. The van der Waals surface area contributed by atoms with Crippen LogP contribution in [0.2, 0.25) is 0 Å². The molecule has 1 aliphatic rings. The molecule has 1 aromatic rings. The fourth-order valence-corrected chi connectivity index (χ4v) is 2.96. The van der Waals surface area contributed by atoms with Crippen molar-refractivity contribution >= 4 is 11.6 Å². The molecule has 1 saturated carbocycles. The van der Waals surface area contributed by atoms with E-state index in [2.05, 4.69) is 13.0 Å². The van der Waals surface area contributed by atoms with Crippen molar-refractivity contribution in [2.45, 2.75) is 43.9 Å². The molecule has 0 aromatic heterocycles. The Morgan fingerprint density at radius 3 is 2.67 bits per heavy atom. The van der Waals surface area contributed by atoms with Crippen LogP contribution in [0.5, 0.6) is 0 Å². The minimum absolute atomic E-state index is 0.0687. The Bertz CT molecular complexity index is 355. The summed E-state index contributed by atoms with van der Waals surface area (Å²) in [6, 6.07) is 5.31. The highest BCUT2D eigenvalue weighted by Gasteiger charge is 2.35. The van der Waals surface area contributed by atoms with Gasteiger partial charge in [-0.3, -0.25) is 0 Å². The summed E-state index contributed by atoms with van der Waals surface area (Å²) in [5.41, 5.74) is 2.16. The van der Waals surface area contributed by atoms with Crippen LogP contribution in [0.15, 0.2) is 18.2 Å². The summed E-state index contributed by atoms with van der Waals surface area (Å²) in [4.78, 5) is 0. The quantitative estimate of drug-likeness (QED) is 0.630. The van der Waals surface area contributed by atoms with Crippen LogP contribution in [-0.2, 0) is 5.41 Å². The van der Waals surface area contributed by atoms with E-state index in [0.717, 1.165) is 30.4 Å². The number of hydrogen-bond acceptors (Lipinski definition) is 0. The van der Waals surface area contributed by atoms with Gasteiger partial charge < -0.3 is 0 Å². The lowest BCUT2D eigenvalue weighted by Crippen LogP contribution is -2.18. The summed E-state index contributed by atoms with van der Waals surface area (Å²) < 4.78 is 13.3. The average Bonchev–Trinajstić information content (AvgIpc) is 2.46.